The van der Waals surface area contributed by atoms with E-state index in [9.17, 15) is 4.39 Å². The molecule has 0 saturated heterocycles. The van der Waals surface area contributed by atoms with E-state index in [0.29, 0.717) is 11.6 Å². The SMILES string of the molecule is Cn1c(SCc2cc(-c3cccs3)on2)nnc1-c1ccc(F)cc1. The monoisotopic (exact) mass is 372 g/mol. The van der Waals surface area contributed by atoms with Gasteiger partial charge in [-0.15, -0.1) is 21.5 Å². The first-order chi connectivity index (χ1) is 12.2. The second kappa shape index (κ2) is 6.81. The van der Waals surface area contributed by atoms with E-state index in [1.54, 1.807) is 23.5 Å². The van der Waals surface area contributed by atoms with E-state index in [1.165, 1.54) is 23.9 Å². The third kappa shape index (κ3) is 3.35. The Morgan fingerprint density at radius 2 is 2.04 bits per heavy atom. The van der Waals surface area contributed by atoms with Crippen molar-refractivity contribution in [1.82, 2.24) is 19.9 Å². The summed E-state index contributed by atoms with van der Waals surface area (Å²) in [5, 5.41) is 15.3. The van der Waals surface area contributed by atoms with Crippen LogP contribution in [0.15, 0.2) is 57.5 Å². The molecule has 8 heteroatoms. The highest BCUT2D eigenvalue weighted by Gasteiger charge is 2.13. The van der Waals surface area contributed by atoms with Gasteiger partial charge in [-0.1, -0.05) is 23.0 Å². The Labute approximate surface area is 151 Å². The summed E-state index contributed by atoms with van der Waals surface area (Å²) in [6, 6.07) is 12.1. The number of benzene rings is 1. The van der Waals surface area contributed by atoms with Gasteiger partial charge in [0.1, 0.15) is 5.82 Å². The maximum absolute atomic E-state index is 13.1. The van der Waals surface area contributed by atoms with Crippen LogP contribution in [0.4, 0.5) is 4.39 Å². The molecule has 1 aromatic carbocycles. The molecule has 0 saturated carbocycles. The fourth-order valence-electron chi connectivity index (χ4n) is 2.34. The lowest BCUT2D eigenvalue weighted by Gasteiger charge is -2.03. The van der Waals surface area contributed by atoms with Gasteiger partial charge in [0.15, 0.2) is 16.7 Å². The Morgan fingerprint density at radius 1 is 1.20 bits per heavy atom. The Kier molecular flexibility index (Phi) is 4.37. The van der Waals surface area contributed by atoms with Crippen molar-refractivity contribution in [2.24, 2.45) is 7.05 Å². The molecule has 126 valence electrons. The molecular weight excluding hydrogens is 359 g/mol. The Balaban J connectivity index is 1.48. The summed E-state index contributed by atoms with van der Waals surface area (Å²) in [4.78, 5) is 1.06. The van der Waals surface area contributed by atoms with Crippen molar-refractivity contribution in [2.75, 3.05) is 0 Å². The van der Waals surface area contributed by atoms with Crippen LogP contribution in [0.3, 0.4) is 0 Å². The number of aromatic nitrogens is 4. The first-order valence-corrected chi connectivity index (χ1v) is 9.35. The highest BCUT2D eigenvalue weighted by molar-refractivity contribution is 7.98. The minimum Gasteiger partial charge on any atom is -0.355 e. The third-order valence-electron chi connectivity index (χ3n) is 3.61. The molecule has 0 bridgehead atoms. The molecule has 0 N–H and O–H groups in total. The van der Waals surface area contributed by atoms with Crippen molar-refractivity contribution in [1.29, 1.82) is 0 Å². The molecule has 4 aromatic rings. The Hall–Kier alpha value is -2.45. The van der Waals surface area contributed by atoms with Crippen LogP contribution >= 0.6 is 23.1 Å². The van der Waals surface area contributed by atoms with E-state index in [-0.39, 0.29) is 5.82 Å². The smallest absolute Gasteiger partial charge is 0.191 e. The topological polar surface area (TPSA) is 56.7 Å². The molecule has 4 rings (SSSR count). The van der Waals surface area contributed by atoms with Crippen molar-refractivity contribution in [3.05, 3.63) is 59.4 Å². The van der Waals surface area contributed by atoms with Crippen LogP contribution in [0.5, 0.6) is 0 Å². The molecule has 0 atom stereocenters. The molecule has 0 amide bonds. The molecular formula is C17H13FN4OS2. The van der Waals surface area contributed by atoms with Gasteiger partial charge < -0.3 is 9.09 Å². The highest BCUT2D eigenvalue weighted by atomic mass is 32.2. The van der Waals surface area contributed by atoms with Crippen molar-refractivity contribution in [3.63, 3.8) is 0 Å². The molecule has 0 aliphatic rings. The predicted molar refractivity (Wildman–Crippen MR) is 95.8 cm³/mol. The average Bonchev–Trinajstić information content (AvgIpc) is 3.35. The number of nitrogens with zero attached hydrogens (tertiary/aromatic N) is 4. The predicted octanol–water partition coefficient (Wildman–Crippen LogP) is 4.63. The lowest BCUT2D eigenvalue weighted by molar-refractivity contribution is 0.427. The average molecular weight is 372 g/mol. The summed E-state index contributed by atoms with van der Waals surface area (Å²) in [7, 11) is 1.89. The molecule has 0 aliphatic carbocycles. The number of halogens is 1. The molecule has 5 nitrogen and oxygen atoms in total. The maximum atomic E-state index is 13.1. The lowest BCUT2D eigenvalue weighted by Crippen LogP contribution is -1.95. The number of thioether (sulfide) groups is 1. The van der Waals surface area contributed by atoms with E-state index >= 15 is 0 Å². The van der Waals surface area contributed by atoms with Gasteiger partial charge in [0, 0.05) is 24.4 Å². The lowest BCUT2D eigenvalue weighted by atomic mass is 10.2. The van der Waals surface area contributed by atoms with E-state index in [2.05, 4.69) is 15.4 Å². The van der Waals surface area contributed by atoms with E-state index < -0.39 is 0 Å². The van der Waals surface area contributed by atoms with Gasteiger partial charge in [-0.05, 0) is 35.7 Å². The van der Waals surface area contributed by atoms with Gasteiger partial charge in [0.05, 0.1) is 10.6 Å². The molecule has 25 heavy (non-hydrogen) atoms. The number of rotatable bonds is 5. The zero-order chi connectivity index (χ0) is 17.2. The molecule has 0 radical (unpaired) electrons. The van der Waals surface area contributed by atoms with Crippen LogP contribution in [0.1, 0.15) is 5.69 Å². The van der Waals surface area contributed by atoms with Gasteiger partial charge in [-0.25, -0.2) is 4.39 Å². The Morgan fingerprint density at radius 3 is 2.80 bits per heavy atom. The second-order valence-electron chi connectivity index (χ2n) is 5.32. The van der Waals surface area contributed by atoms with Crippen LogP contribution in [-0.2, 0) is 12.8 Å². The molecule has 0 fully saturated rings. The summed E-state index contributed by atoms with van der Waals surface area (Å²) in [6.07, 6.45) is 0. The van der Waals surface area contributed by atoms with Crippen molar-refractivity contribution in [3.8, 4) is 22.0 Å². The van der Waals surface area contributed by atoms with Crippen LogP contribution in [0.25, 0.3) is 22.0 Å². The summed E-state index contributed by atoms with van der Waals surface area (Å²) in [5.74, 6) is 1.83. The van der Waals surface area contributed by atoms with Crippen molar-refractivity contribution in [2.45, 2.75) is 10.9 Å². The molecule has 0 spiro atoms. The van der Waals surface area contributed by atoms with Crippen molar-refractivity contribution < 1.29 is 8.91 Å². The summed E-state index contributed by atoms with van der Waals surface area (Å²) >= 11 is 3.14. The summed E-state index contributed by atoms with van der Waals surface area (Å²) < 4.78 is 20.3. The highest BCUT2D eigenvalue weighted by Crippen LogP contribution is 2.29. The molecule has 3 heterocycles. The van der Waals surface area contributed by atoms with E-state index in [0.717, 1.165) is 27.1 Å². The van der Waals surface area contributed by atoms with Crippen LogP contribution in [0.2, 0.25) is 0 Å². The molecule has 0 aliphatic heterocycles. The summed E-state index contributed by atoms with van der Waals surface area (Å²) in [5.41, 5.74) is 1.67. The van der Waals surface area contributed by atoms with E-state index in [1.807, 2.05) is 35.2 Å². The minimum atomic E-state index is -0.270. The maximum Gasteiger partial charge on any atom is 0.191 e. The Bertz CT molecular complexity index is 977. The quantitative estimate of drug-likeness (QED) is 0.478. The summed E-state index contributed by atoms with van der Waals surface area (Å²) in [6.45, 7) is 0. The third-order valence-corrected chi connectivity index (χ3v) is 5.55. The standard InChI is InChI=1S/C17H13FN4OS2/c1-22-16(11-4-6-12(18)7-5-11)19-20-17(22)25-10-13-9-14(23-21-13)15-3-2-8-24-15/h2-9H,10H2,1H3. The van der Waals surface area contributed by atoms with Gasteiger partial charge in [0.25, 0.3) is 0 Å². The van der Waals surface area contributed by atoms with E-state index in [4.69, 9.17) is 4.52 Å². The van der Waals surface area contributed by atoms with Gasteiger partial charge in [-0.3, -0.25) is 0 Å². The van der Waals surface area contributed by atoms with Crippen molar-refractivity contribution >= 4 is 23.1 Å². The van der Waals surface area contributed by atoms with Gasteiger partial charge in [-0.2, -0.15) is 0 Å². The zero-order valence-corrected chi connectivity index (χ0v) is 14.9. The molecule has 3 aromatic heterocycles. The first-order valence-electron chi connectivity index (χ1n) is 7.48. The normalized spacial score (nSPS) is 11.1. The first kappa shape index (κ1) is 16.0. The van der Waals surface area contributed by atoms with Gasteiger partial charge >= 0.3 is 0 Å². The fourth-order valence-corrected chi connectivity index (χ4v) is 3.81. The molecule has 0 unspecified atom stereocenters. The largest absolute Gasteiger partial charge is 0.355 e. The number of thiophene rings is 1. The van der Waals surface area contributed by atoms with Gasteiger partial charge in [0.2, 0.25) is 0 Å². The van der Waals surface area contributed by atoms with Crippen LogP contribution in [0, 0.1) is 5.82 Å². The second-order valence-corrected chi connectivity index (χ2v) is 7.21. The zero-order valence-electron chi connectivity index (χ0n) is 13.2. The fraction of sp³-hybridized carbons (Fsp3) is 0.118. The van der Waals surface area contributed by atoms with Crippen LogP contribution in [-0.4, -0.2) is 19.9 Å². The minimum absolute atomic E-state index is 0.270. The van der Waals surface area contributed by atoms with Crippen LogP contribution < -0.4 is 0 Å². The number of hydrogen-bond donors (Lipinski definition) is 0. The number of hydrogen-bond acceptors (Lipinski definition) is 6.